The molecule has 0 aromatic rings. The highest BCUT2D eigenvalue weighted by Crippen LogP contribution is 2.12. The van der Waals surface area contributed by atoms with Gasteiger partial charge in [-0.2, -0.15) is 0 Å². The van der Waals surface area contributed by atoms with Crippen LogP contribution in [0, 0.1) is 29.6 Å². The molecule has 1 aliphatic heterocycles. The monoisotopic (exact) mass is 161 g/mol. The fourth-order valence-corrected chi connectivity index (χ4v) is 1.48. The maximum atomic E-state index is 3.38. The van der Waals surface area contributed by atoms with E-state index >= 15 is 0 Å². The fraction of sp³-hybridized carbons (Fsp3) is 0.636. The third kappa shape index (κ3) is 2.61. The number of rotatable bonds is 0. The van der Waals surface area contributed by atoms with E-state index in [0.717, 1.165) is 13.0 Å². The second-order valence-electron chi connectivity index (χ2n) is 3.02. The van der Waals surface area contributed by atoms with Crippen LogP contribution in [0.1, 0.15) is 26.7 Å². The Morgan fingerprint density at radius 1 is 1.08 bits per heavy atom. The predicted molar refractivity (Wildman–Crippen MR) is 51.4 cm³/mol. The van der Waals surface area contributed by atoms with Gasteiger partial charge < -0.3 is 5.32 Å². The first kappa shape index (κ1) is 9.17. The Hall–Kier alpha value is -0.920. The largest absolute Gasteiger partial charge is 0.302 e. The van der Waals surface area contributed by atoms with Crippen molar-refractivity contribution < 1.29 is 0 Å². The van der Waals surface area contributed by atoms with Crippen LogP contribution in [0.5, 0.6) is 0 Å². The number of nitrogens with one attached hydrogen (secondary N) is 1. The zero-order chi connectivity index (χ0) is 8.81. The third-order valence-electron chi connectivity index (χ3n) is 2.08. The molecule has 64 valence electrons. The lowest BCUT2D eigenvalue weighted by Crippen LogP contribution is -2.37. The van der Waals surface area contributed by atoms with Gasteiger partial charge in [0.25, 0.3) is 0 Å². The SMILES string of the molecule is CC#CC1CCC(C#CC)NC1. The average molecular weight is 161 g/mol. The van der Waals surface area contributed by atoms with Crippen molar-refractivity contribution in [1.82, 2.24) is 5.32 Å². The van der Waals surface area contributed by atoms with E-state index in [1.807, 2.05) is 13.8 Å². The van der Waals surface area contributed by atoms with Crippen molar-refractivity contribution in [2.45, 2.75) is 32.7 Å². The van der Waals surface area contributed by atoms with Crippen molar-refractivity contribution in [3.63, 3.8) is 0 Å². The zero-order valence-corrected chi connectivity index (χ0v) is 7.78. The van der Waals surface area contributed by atoms with Crippen molar-refractivity contribution in [2.24, 2.45) is 5.92 Å². The Kier molecular flexibility index (Phi) is 3.71. The third-order valence-corrected chi connectivity index (χ3v) is 2.08. The summed E-state index contributed by atoms with van der Waals surface area (Å²) in [6.45, 7) is 4.79. The first-order valence-corrected chi connectivity index (χ1v) is 4.44. The van der Waals surface area contributed by atoms with Gasteiger partial charge in [-0.1, -0.05) is 11.8 Å². The lowest BCUT2D eigenvalue weighted by Gasteiger charge is -2.23. The summed E-state index contributed by atoms with van der Waals surface area (Å²) in [5.41, 5.74) is 0. The molecular formula is C11H15N. The van der Waals surface area contributed by atoms with Crippen LogP contribution < -0.4 is 5.32 Å². The molecule has 1 N–H and O–H groups in total. The van der Waals surface area contributed by atoms with E-state index in [2.05, 4.69) is 29.0 Å². The van der Waals surface area contributed by atoms with Crippen molar-refractivity contribution in [3.8, 4) is 23.7 Å². The topological polar surface area (TPSA) is 12.0 Å². The molecule has 1 heteroatoms. The molecule has 0 aromatic heterocycles. The van der Waals surface area contributed by atoms with E-state index in [1.54, 1.807) is 0 Å². The Morgan fingerprint density at radius 2 is 1.83 bits per heavy atom. The molecule has 0 amide bonds. The summed E-state index contributed by atoms with van der Waals surface area (Å²) in [6.07, 6.45) is 2.33. The highest BCUT2D eigenvalue weighted by Gasteiger charge is 2.16. The summed E-state index contributed by atoms with van der Waals surface area (Å²) in [5.74, 6) is 12.8. The van der Waals surface area contributed by atoms with Crippen LogP contribution in [0.25, 0.3) is 0 Å². The highest BCUT2D eigenvalue weighted by atomic mass is 14.9. The van der Waals surface area contributed by atoms with E-state index in [1.165, 1.54) is 6.42 Å². The van der Waals surface area contributed by atoms with Gasteiger partial charge in [-0.05, 0) is 26.7 Å². The van der Waals surface area contributed by atoms with Gasteiger partial charge in [-0.15, -0.1) is 11.8 Å². The van der Waals surface area contributed by atoms with Crippen LogP contribution in [0.3, 0.4) is 0 Å². The first-order valence-electron chi connectivity index (χ1n) is 4.44. The minimum atomic E-state index is 0.407. The molecule has 0 aliphatic carbocycles. The van der Waals surface area contributed by atoms with Crippen LogP contribution in [0.4, 0.5) is 0 Å². The van der Waals surface area contributed by atoms with Gasteiger partial charge in [0.2, 0.25) is 0 Å². The molecule has 1 rings (SSSR count). The molecule has 0 radical (unpaired) electrons. The van der Waals surface area contributed by atoms with Gasteiger partial charge in [-0.3, -0.25) is 0 Å². The van der Waals surface area contributed by atoms with Crippen molar-refractivity contribution in [3.05, 3.63) is 0 Å². The van der Waals surface area contributed by atoms with Crippen LogP contribution in [0.2, 0.25) is 0 Å². The van der Waals surface area contributed by atoms with Crippen molar-refractivity contribution >= 4 is 0 Å². The molecule has 1 fully saturated rings. The highest BCUT2D eigenvalue weighted by molar-refractivity contribution is 5.10. The smallest absolute Gasteiger partial charge is 0.0690 e. The summed E-state index contributed by atoms with van der Waals surface area (Å²) < 4.78 is 0. The van der Waals surface area contributed by atoms with E-state index in [-0.39, 0.29) is 0 Å². The molecule has 0 aromatic carbocycles. The number of piperidine rings is 1. The van der Waals surface area contributed by atoms with Gasteiger partial charge in [0.05, 0.1) is 6.04 Å². The maximum absolute atomic E-state index is 3.38. The van der Waals surface area contributed by atoms with E-state index in [4.69, 9.17) is 0 Å². The molecule has 0 saturated carbocycles. The summed E-state index contributed by atoms with van der Waals surface area (Å²) in [5, 5.41) is 3.38. The quantitative estimate of drug-likeness (QED) is 0.530. The van der Waals surface area contributed by atoms with Gasteiger partial charge in [0.15, 0.2) is 0 Å². The standard InChI is InChI=1S/C11H15N/c1-3-5-10-7-8-11(6-4-2)12-9-10/h10-12H,7-9H2,1-2H3. The van der Waals surface area contributed by atoms with Gasteiger partial charge >= 0.3 is 0 Å². The molecular weight excluding hydrogens is 146 g/mol. The van der Waals surface area contributed by atoms with Crippen LogP contribution in [-0.2, 0) is 0 Å². The lowest BCUT2D eigenvalue weighted by molar-refractivity contribution is 0.405. The Balaban J connectivity index is 2.36. The second-order valence-corrected chi connectivity index (χ2v) is 3.02. The van der Waals surface area contributed by atoms with E-state index < -0.39 is 0 Å². The molecule has 0 spiro atoms. The van der Waals surface area contributed by atoms with Gasteiger partial charge in [0.1, 0.15) is 0 Å². The van der Waals surface area contributed by atoms with Gasteiger partial charge in [0, 0.05) is 12.5 Å². The molecule has 2 unspecified atom stereocenters. The van der Waals surface area contributed by atoms with Gasteiger partial charge in [-0.25, -0.2) is 0 Å². The minimum absolute atomic E-state index is 0.407. The molecule has 1 aliphatic rings. The predicted octanol–water partition coefficient (Wildman–Crippen LogP) is 1.40. The summed E-state index contributed by atoms with van der Waals surface area (Å²) in [6, 6.07) is 0.407. The van der Waals surface area contributed by atoms with Crippen LogP contribution in [0.15, 0.2) is 0 Å². The molecule has 1 nitrogen and oxygen atoms in total. The van der Waals surface area contributed by atoms with E-state index in [9.17, 15) is 0 Å². The molecule has 1 heterocycles. The Labute approximate surface area is 74.9 Å². The van der Waals surface area contributed by atoms with Crippen molar-refractivity contribution in [2.75, 3.05) is 6.54 Å². The number of hydrogen-bond donors (Lipinski definition) is 1. The maximum Gasteiger partial charge on any atom is 0.0690 e. The Bertz CT molecular complexity index is 210. The fourth-order valence-electron chi connectivity index (χ4n) is 1.48. The molecule has 2 atom stereocenters. The lowest BCUT2D eigenvalue weighted by atomic mass is 9.95. The number of hydrogen-bond acceptors (Lipinski definition) is 1. The normalized spacial score (nSPS) is 27.8. The molecule has 0 bridgehead atoms. The van der Waals surface area contributed by atoms with Crippen LogP contribution >= 0.6 is 0 Å². The van der Waals surface area contributed by atoms with Crippen LogP contribution in [-0.4, -0.2) is 12.6 Å². The average Bonchev–Trinajstić information content (AvgIpc) is 2.09. The molecule has 1 saturated heterocycles. The Morgan fingerprint density at radius 3 is 2.33 bits per heavy atom. The van der Waals surface area contributed by atoms with E-state index in [0.29, 0.717) is 12.0 Å². The summed E-state index contributed by atoms with van der Waals surface area (Å²) in [7, 11) is 0. The summed E-state index contributed by atoms with van der Waals surface area (Å²) in [4.78, 5) is 0. The van der Waals surface area contributed by atoms with Crippen molar-refractivity contribution in [1.29, 1.82) is 0 Å². The first-order chi connectivity index (χ1) is 5.86. The zero-order valence-electron chi connectivity index (χ0n) is 7.78. The minimum Gasteiger partial charge on any atom is -0.302 e. The summed E-state index contributed by atoms with van der Waals surface area (Å²) >= 11 is 0. The molecule has 12 heavy (non-hydrogen) atoms. The second kappa shape index (κ2) is 4.86.